The van der Waals surface area contributed by atoms with Gasteiger partial charge in [0.25, 0.3) is 0 Å². The lowest BCUT2D eigenvalue weighted by Gasteiger charge is -2.36. The van der Waals surface area contributed by atoms with Crippen molar-refractivity contribution in [1.29, 1.82) is 0 Å². The Labute approximate surface area is 108 Å². The monoisotopic (exact) mass is 253 g/mol. The van der Waals surface area contributed by atoms with E-state index in [0.717, 1.165) is 31.2 Å². The molecule has 1 fully saturated rings. The standard InChI is InChI=1S/C13H20ClN3/c1-10-3-4-11(14)7-13(10)17-6-5-16-12(9-17)8-15-2/h3-4,7,12,15-16H,5-6,8-9H2,1-2H3. The van der Waals surface area contributed by atoms with Crippen molar-refractivity contribution in [1.82, 2.24) is 10.6 Å². The number of likely N-dealkylation sites (N-methyl/N-ethyl adjacent to an activating group) is 1. The molecule has 1 heterocycles. The van der Waals surface area contributed by atoms with Gasteiger partial charge in [0.05, 0.1) is 0 Å². The van der Waals surface area contributed by atoms with Crippen molar-refractivity contribution < 1.29 is 0 Å². The smallest absolute Gasteiger partial charge is 0.0426 e. The second kappa shape index (κ2) is 5.71. The van der Waals surface area contributed by atoms with Crippen LogP contribution in [-0.4, -0.2) is 39.3 Å². The van der Waals surface area contributed by atoms with Gasteiger partial charge in [0.1, 0.15) is 0 Å². The van der Waals surface area contributed by atoms with Gasteiger partial charge in [0, 0.05) is 42.9 Å². The highest BCUT2D eigenvalue weighted by atomic mass is 35.5. The van der Waals surface area contributed by atoms with Gasteiger partial charge in [-0.3, -0.25) is 0 Å². The Hall–Kier alpha value is -0.770. The van der Waals surface area contributed by atoms with Crippen LogP contribution in [0.25, 0.3) is 0 Å². The summed E-state index contributed by atoms with van der Waals surface area (Å²) in [6, 6.07) is 6.62. The van der Waals surface area contributed by atoms with E-state index in [0.29, 0.717) is 6.04 Å². The summed E-state index contributed by atoms with van der Waals surface area (Å²) < 4.78 is 0. The van der Waals surface area contributed by atoms with Gasteiger partial charge >= 0.3 is 0 Å². The first-order chi connectivity index (χ1) is 8.20. The topological polar surface area (TPSA) is 27.3 Å². The molecule has 94 valence electrons. The third kappa shape index (κ3) is 3.12. The van der Waals surface area contributed by atoms with E-state index in [2.05, 4.69) is 34.6 Å². The number of piperazine rings is 1. The first-order valence-corrected chi connectivity index (χ1v) is 6.47. The zero-order valence-electron chi connectivity index (χ0n) is 10.5. The summed E-state index contributed by atoms with van der Waals surface area (Å²) in [6.07, 6.45) is 0. The lowest BCUT2D eigenvalue weighted by atomic mass is 10.1. The van der Waals surface area contributed by atoms with Crippen LogP contribution in [0.15, 0.2) is 18.2 Å². The number of halogens is 1. The number of hydrogen-bond acceptors (Lipinski definition) is 3. The van der Waals surface area contributed by atoms with Gasteiger partial charge in [-0.2, -0.15) is 0 Å². The van der Waals surface area contributed by atoms with Gasteiger partial charge in [-0.15, -0.1) is 0 Å². The summed E-state index contributed by atoms with van der Waals surface area (Å²) in [7, 11) is 1.99. The molecule has 1 unspecified atom stereocenters. The number of benzene rings is 1. The van der Waals surface area contributed by atoms with E-state index in [9.17, 15) is 0 Å². The zero-order chi connectivity index (χ0) is 12.3. The molecular weight excluding hydrogens is 234 g/mol. The van der Waals surface area contributed by atoms with Crippen LogP contribution in [0, 0.1) is 6.92 Å². The number of nitrogens with one attached hydrogen (secondary N) is 2. The molecule has 1 aromatic rings. The Bertz CT molecular complexity index is 379. The molecule has 1 saturated heterocycles. The maximum atomic E-state index is 6.08. The molecule has 2 rings (SSSR count). The third-order valence-corrected chi connectivity index (χ3v) is 3.45. The van der Waals surface area contributed by atoms with Crippen LogP contribution in [0.5, 0.6) is 0 Å². The van der Waals surface area contributed by atoms with Crippen LogP contribution in [0.2, 0.25) is 5.02 Å². The zero-order valence-corrected chi connectivity index (χ0v) is 11.2. The maximum absolute atomic E-state index is 6.08. The van der Waals surface area contributed by atoms with Crippen molar-refractivity contribution in [3.05, 3.63) is 28.8 Å². The minimum Gasteiger partial charge on any atom is -0.368 e. The van der Waals surface area contributed by atoms with Crippen molar-refractivity contribution in [2.24, 2.45) is 0 Å². The fourth-order valence-electron chi connectivity index (χ4n) is 2.35. The van der Waals surface area contributed by atoms with Gasteiger partial charge in [0.2, 0.25) is 0 Å². The second-order valence-corrected chi connectivity index (χ2v) is 5.02. The molecule has 0 radical (unpaired) electrons. The second-order valence-electron chi connectivity index (χ2n) is 4.59. The highest BCUT2D eigenvalue weighted by Crippen LogP contribution is 2.25. The average molecular weight is 254 g/mol. The molecule has 0 aliphatic carbocycles. The van der Waals surface area contributed by atoms with Gasteiger partial charge in [-0.1, -0.05) is 17.7 Å². The van der Waals surface area contributed by atoms with Crippen LogP contribution >= 0.6 is 11.6 Å². The molecule has 0 aromatic heterocycles. The molecule has 1 aromatic carbocycles. The van der Waals surface area contributed by atoms with E-state index in [1.807, 2.05) is 13.1 Å². The van der Waals surface area contributed by atoms with Crippen LogP contribution in [0.4, 0.5) is 5.69 Å². The quantitative estimate of drug-likeness (QED) is 0.858. The Balaban J connectivity index is 2.13. The van der Waals surface area contributed by atoms with Crippen molar-refractivity contribution in [2.45, 2.75) is 13.0 Å². The fraction of sp³-hybridized carbons (Fsp3) is 0.538. The first-order valence-electron chi connectivity index (χ1n) is 6.10. The fourth-order valence-corrected chi connectivity index (χ4v) is 2.52. The van der Waals surface area contributed by atoms with Gasteiger partial charge in [0.15, 0.2) is 0 Å². The molecule has 0 spiro atoms. The number of anilines is 1. The molecule has 1 aliphatic rings. The van der Waals surface area contributed by atoms with Crippen molar-refractivity contribution >= 4 is 17.3 Å². The van der Waals surface area contributed by atoms with Gasteiger partial charge < -0.3 is 15.5 Å². The van der Waals surface area contributed by atoms with Gasteiger partial charge in [-0.05, 0) is 31.7 Å². The van der Waals surface area contributed by atoms with E-state index in [4.69, 9.17) is 11.6 Å². The predicted octanol–water partition coefficient (Wildman–Crippen LogP) is 1.65. The Morgan fingerprint density at radius 2 is 2.35 bits per heavy atom. The predicted molar refractivity (Wildman–Crippen MR) is 74.1 cm³/mol. The third-order valence-electron chi connectivity index (χ3n) is 3.22. The van der Waals surface area contributed by atoms with E-state index in [1.165, 1.54) is 11.3 Å². The van der Waals surface area contributed by atoms with E-state index < -0.39 is 0 Å². The SMILES string of the molecule is CNCC1CN(c2cc(Cl)ccc2C)CCN1. The molecule has 17 heavy (non-hydrogen) atoms. The van der Waals surface area contributed by atoms with Crippen LogP contribution in [0.1, 0.15) is 5.56 Å². The first kappa shape index (κ1) is 12.7. The Morgan fingerprint density at radius 1 is 1.53 bits per heavy atom. The summed E-state index contributed by atoms with van der Waals surface area (Å²) in [6.45, 7) is 6.23. The van der Waals surface area contributed by atoms with Crippen LogP contribution < -0.4 is 15.5 Å². The van der Waals surface area contributed by atoms with Crippen molar-refractivity contribution in [2.75, 3.05) is 38.1 Å². The summed E-state index contributed by atoms with van der Waals surface area (Å²) in [4.78, 5) is 2.42. The molecule has 1 atom stereocenters. The molecule has 4 heteroatoms. The maximum Gasteiger partial charge on any atom is 0.0426 e. The van der Waals surface area contributed by atoms with E-state index in [1.54, 1.807) is 0 Å². The minimum absolute atomic E-state index is 0.507. The molecule has 1 aliphatic heterocycles. The largest absolute Gasteiger partial charge is 0.368 e. The number of nitrogens with zero attached hydrogens (tertiary/aromatic N) is 1. The molecule has 0 amide bonds. The molecule has 2 N–H and O–H groups in total. The minimum atomic E-state index is 0.507. The molecular formula is C13H20ClN3. The van der Waals surface area contributed by atoms with Crippen molar-refractivity contribution in [3.8, 4) is 0 Å². The summed E-state index contributed by atoms with van der Waals surface area (Å²) in [5.74, 6) is 0. The average Bonchev–Trinajstić information content (AvgIpc) is 2.33. The number of hydrogen-bond donors (Lipinski definition) is 2. The highest BCUT2D eigenvalue weighted by Gasteiger charge is 2.19. The number of rotatable bonds is 3. The van der Waals surface area contributed by atoms with Crippen molar-refractivity contribution in [3.63, 3.8) is 0 Å². The Kier molecular flexibility index (Phi) is 4.26. The Morgan fingerprint density at radius 3 is 3.12 bits per heavy atom. The van der Waals surface area contributed by atoms with E-state index in [-0.39, 0.29) is 0 Å². The van der Waals surface area contributed by atoms with E-state index >= 15 is 0 Å². The van der Waals surface area contributed by atoms with Crippen LogP contribution in [-0.2, 0) is 0 Å². The molecule has 0 bridgehead atoms. The lowest BCUT2D eigenvalue weighted by molar-refractivity contribution is 0.443. The number of aryl methyl sites for hydroxylation is 1. The lowest BCUT2D eigenvalue weighted by Crippen LogP contribution is -2.54. The highest BCUT2D eigenvalue weighted by molar-refractivity contribution is 6.30. The summed E-state index contributed by atoms with van der Waals surface area (Å²) in [5.41, 5.74) is 2.56. The van der Waals surface area contributed by atoms with Gasteiger partial charge in [-0.25, -0.2) is 0 Å². The molecule has 3 nitrogen and oxygen atoms in total. The summed E-state index contributed by atoms with van der Waals surface area (Å²) >= 11 is 6.08. The summed E-state index contributed by atoms with van der Waals surface area (Å²) in [5, 5.41) is 7.55. The molecule has 0 saturated carbocycles. The normalized spacial score (nSPS) is 20.6. The van der Waals surface area contributed by atoms with Crippen LogP contribution in [0.3, 0.4) is 0 Å².